The van der Waals surface area contributed by atoms with E-state index >= 15 is 0 Å². The van der Waals surface area contributed by atoms with Gasteiger partial charge in [0.05, 0.1) is 18.4 Å². The first kappa shape index (κ1) is 8.19. The minimum Gasteiger partial charge on any atom is -0.247 e. The van der Waals surface area contributed by atoms with E-state index in [0.717, 1.165) is 5.69 Å². The van der Waals surface area contributed by atoms with Gasteiger partial charge in [0.1, 0.15) is 5.15 Å². The Bertz CT molecular complexity index is 385. The summed E-state index contributed by atoms with van der Waals surface area (Å²) in [5.41, 5.74) is 0.873. The van der Waals surface area contributed by atoms with Crippen LogP contribution in [0, 0.1) is 0 Å². The molecule has 13 heavy (non-hydrogen) atoms. The van der Waals surface area contributed by atoms with Crippen LogP contribution in [0.15, 0.2) is 30.6 Å². The second-order valence-electron chi connectivity index (χ2n) is 2.55. The van der Waals surface area contributed by atoms with Crippen molar-refractivity contribution in [2.75, 3.05) is 0 Å². The van der Waals surface area contributed by atoms with Crippen molar-refractivity contribution in [1.29, 1.82) is 0 Å². The Balaban J connectivity index is 2.19. The summed E-state index contributed by atoms with van der Waals surface area (Å²) in [6.45, 7) is 0.598. The van der Waals surface area contributed by atoms with Gasteiger partial charge in [0.25, 0.3) is 0 Å². The molecular weight excluding hydrogens is 188 g/mol. The number of rotatable bonds is 2. The summed E-state index contributed by atoms with van der Waals surface area (Å²) in [5, 5.41) is 8.02. The van der Waals surface area contributed by atoms with Gasteiger partial charge in [-0.1, -0.05) is 22.9 Å². The van der Waals surface area contributed by atoms with Crippen molar-refractivity contribution in [3.05, 3.63) is 41.4 Å². The monoisotopic (exact) mass is 194 g/mol. The van der Waals surface area contributed by atoms with E-state index in [9.17, 15) is 0 Å². The lowest BCUT2D eigenvalue weighted by Gasteiger charge is -1.99. The van der Waals surface area contributed by atoms with Gasteiger partial charge >= 0.3 is 0 Å². The highest BCUT2D eigenvalue weighted by Gasteiger charge is 1.97. The summed E-state index contributed by atoms with van der Waals surface area (Å²) in [7, 11) is 0. The van der Waals surface area contributed by atoms with Crippen LogP contribution in [-0.4, -0.2) is 20.0 Å². The first-order valence-corrected chi connectivity index (χ1v) is 4.18. The third kappa shape index (κ3) is 2.03. The van der Waals surface area contributed by atoms with E-state index in [-0.39, 0.29) is 0 Å². The number of aromatic nitrogens is 4. The molecule has 0 saturated carbocycles. The molecule has 2 aromatic rings. The molecule has 0 aliphatic rings. The fourth-order valence-corrected chi connectivity index (χ4v) is 1.20. The van der Waals surface area contributed by atoms with Crippen LogP contribution < -0.4 is 0 Å². The molecule has 0 spiro atoms. The van der Waals surface area contributed by atoms with E-state index in [2.05, 4.69) is 15.3 Å². The molecule has 0 radical (unpaired) electrons. The fraction of sp³-hybridized carbons (Fsp3) is 0.125. The minimum atomic E-state index is 0.498. The molecule has 0 amide bonds. The van der Waals surface area contributed by atoms with Crippen LogP contribution in [0.4, 0.5) is 0 Å². The quantitative estimate of drug-likeness (QED) is 0.679. The molecule has 0 atom stereocenters. The number of pyridine rings is 1. The van der Waals surface area contributed by atoms with Crippen molar-refractivity contribution < 1.29 is 0 Å². The summed E-state index contributed by atoms with van der Waals surface area (Å²) in [4.78, 5) is 4.12. The zero-order chi connectivity index (χ0) is 9.10. The highest BCUT2D eigenvalue weighted by Crippen LogP contribution is 2.05. The number of hydrogen-bond donors (Lipinski definition) is 0. The van der Waals surface area contributed by atoms with Crippen molar-refractivity contribution >= 4 is 11.6 Å². The molecule has 2 heterocycles. The third-order valence-electron chi connectivity index (χ3n) is 1.57. The molecule has 0 unspecified atom stereocenters. The molecular formula is C8H7ClN4. The second kappa shape index (κ2) is 3.53. The van der Waals surface area contributed by atoms with Gasteiger partial charge in [0.2, 0.25) is 0 Å². The Hall–Kier alpha value is -1.42. The summed E-state index contributed by atoms with van der Waals surface area (Å²) < 4.78 is 1.69. The van der Waals surface area contributed by atoms with Crippen LogP contribution in [0.2, 0.25) is 5.15 Å². The topological polar surface area (TPSA) is 43.6 Å². The number of nitrogens with zero attached hydrogens (tertiary/aromatic N) is 4. The van der Waals surface area contributed by atoms with Gasteiger partial charge in [-0.15, -0.1) is 5.10 Å². The molecule has 0 aliphatic heterocycles. The van der Waals surface area contributed by atoms with Crippen molar-refractivity contribution in [2.24, 2.45) is 0 Å². The Morgan fingerprint density at radius 1 is 1.38 bits per heavy atom. The lowest BCUT2D eigenvalue weighted by Crippen LogP contribution is -2.02. The van der Waals surface area contributed by atoms with Gasteiger partial charge in [-0.3, -0.25) is 0 Å². The van der Waals surface area contributed by atoms with Gasteiger partial charge in [0, 0.05) is 6.20 Å². The molecule has 0 aromatic carbocycles. The largest absolute Gasteiger partial charge is 0.247 e. The highest BCUT2D eigenvalue weighted by atomic mass is 35.5. The van der Waals surface area contributed by atoms with Gasteiger partial charge in [-0.2, -0.15) is 0 Å². The van der Waals surface area contributed by atoms with Gasteiger partial charge in [-0.25, -0.2) is 9.67 Å². The summed E-state index contributed by atoms with van der Waals surface area (Å²) in [6.07, 6.45) is 3.41. The van der Waals surface area contributed by atoms with Crippen molar-refractivity contribution in [1.82, 2.24) is 20.0 Å². The van der Waals surface area contributed by atoms with Gasteiger partial charge < -0.3 is 0 Å². The average Bonchev–Trinajstić information content (AvgIpc) is 2.57. The van der Waals surface area contributed by atoms with Crippen LogP contribution in [0.25, 0.3) is 0 Å². The standard InChI is InChI=1S/C8H7ClN4/c9-8-3-1-2-7(11-8)6-13-5-4-10-12-13/h1-5H,6H2. The van der Waals surface area contributed by atoms with Crippen LogP contribution in [-0.2, 0) is 6.54 Å². The highest BCUT2D eigenvalue weighted by molar-refractivity contribution is 6.29. The van der Waals surface area contributed by atoms with E-state index < -0.39 is 0 Å². The predicted molar refractivity (Wildman–Crippen MR) is 48.4 cm³/mol. The van der Waals surface area contributed by atoms with Gasteiger partial charge in [0.15, 0.2) is 0 Å². The maximum Gasteiger partial charge on any atom is 0.129 e. The Kier molecular flexibility index (Phi) is 2.23. The lowest BCUT2D eigenvalue weighted by atomic mass is 10.3. The Morgan fingerprint density at radius 2 is 2.31 bits per heavy atom. The van der Waals surface area contributed by atoms with E-state index in [1.165, 1.54) is 0 Å². The van der Waals surface area contributed by atoms with E-state index in [1.807, 2.05) is 12.1 Å². The smallest absolute Gasteiger partial charge is 0.129 e. The number of hydrogen-bond acceptors (Lipinski definition) is 3. The molecule has 66 valence electrons. The van der Waals surface area contributed by atoms with E-state index in [0.29, 0.717) is 11.7 Å². The molecule has 0 fully saturated rings. The Labute approximate surface area is 80.2 Å². The second-order valence-corrected chi connectivity index (χ2v) is 2.94. The molecule has 4 nitrogen and oxygen atoms in total. The predicted octanol–water partition coefficient (Wildman–Crippen LogP) is 1.37. The van der Waals surface area contributed by atoms with Crippen molar-refractivity contribution in [2.45, 2.75) is 6.54 Å². The maximum atomic E-state index is 5.73. The zero-order valence-electron chi connectivity index (χ0n) is 6.76. The summed E-state index contributed by atoms with van der Waals surface area (Å²) in [6, 6.07) is 5.50. The maximum absolute atomic E-state index is 5.73. The molecule has 0 saturated heterocycles. The van der Waals surface area contributed by atoms with Crippen LogP contribution in [0.3, 0.4) is 0 Å². The first-order valence-electron chi connectivity index (χ1n) is 3.80. The van der Waals surface area contributed by atoms with Gasteiger partial charge in [-0.05, 0) is 12.1 Å². The van der Waals surface area contributed by atoms with Crippen LogP contribution in [0.5, 0.6) is 0 Å². The fourth-order valence-electron chi connectivity index (χ4n) is 1.02. The molecule has 2 aromatic heterocycles. The van der Waals surface area contributed by atoms with Crippen LogP contribution >= 0.6 is 11.6 Å². The minimum absolute atomic E-state index is 0.498. The normalized spacial score (nSPS) is 10.2. The number of halogens is 1. The SMILES string of the molecule is Clc1cccc(Cn2ccnn2)n1. The molecule has 0 N–H and O–H groups in total. The molecule has 0 aliphatic carbocycles. The lowest BCUT2D eigenvalue weighted by molar-refractivity contribution is 0.639. The summed E-state index contributed by atoms with van der Waals surface area (Å²) >= 11 is 5.73. The van der Waals surface area contributed by atoms with Crippen LogP contribution in [0.1, 0.15) is 5.69 Å². The van der Waals surface area contributed by atoms with Crippen molar-refractivity contribution in [3.8, 4) is 0 Å². The summed E-state index contributed by atoms with van der Waals surface area (Å²) in [5.74, 6) is 0. The zero-order valence-corrected chi connectivity index (χ0v) is 7.52. The Morgan fingerprint density at radius 3 is 3.00 bits per heavy atom. The third-order valence-corrected chi connectivity index (χ3v) is 1.78. The van der Waals surface area contributed by atoms with E-state index in [1.54, 1.807) is 23.1 Å². The first-order chi connectivity index (χ1) is 6.34. The van der Waals surface area contributed by atoms with Crippen molar-refractivity contribution in [3.63, 3.8) is 0 Å². The molecule has 2 rings (SSSR count). The average molecular weight is 195 g/mol. The molecule has 0 bridgehead atoms. The molecule has 5 heteroatoms. The van der Waals surface area contributed by atoms with E-state index in [4.69, 9.17) is 11.6 Å².